The number of nitrogens with one attached hydrogen (secondary N) is 1. The van der Waals surface area contributed by atoms with Crippen molar-refractivity contribution in [2.24, 2.45) is 0 Å². The zero-order valence-electron chi connectivity index (χ0n) is 12.6. The lowest BCUT2D eigenvalue weighted by Gasteiger charge is -2.16. The fourth-order valence-corrected chi connectivity index (χ4v) is 2.28. The molecule has 0 bridgehead atoms. The highest BCUT2D eigenvalue weighted by molar-refractivity contribution is 5.94. The van der Waals surface area contributed by atoms with Gasteiger partial charge < -0.3 is 15.5 Å². The van der Waals surface area contributed by atoms with E-state index in [1.807, 2.05) is 18.2 Å². The molecule has 0 saturated carbocycles. The van der Waals surface area contributed by atoms with Crippen LogP contribution in [-0.2, 0) is 9.59 Å². The van der Waals surface area contributed by atoms with Crippen LogP contribution in [0.3, 0.4) is 0 Å². The highest BCUT2D eigenvalue weighted by Gasteiger charge is 2.25. The summed E-state index contributed by atoms with van der Waals surface area (Å²) in [7, 11) is 0. The number of carbonyl (C=O) groups excluding carboxylic acids is 2. The number of carboxylic acids is 1. The van der Waals surface area contributed by atoms with E-state index in [9.17, 15) is 19.5 Å². The van der Waals surface area contributed by atoms with E-state index in [0.29, 0.717) is 0 Å². The second kappa shape index (κ2) is 7.06. The van der Waals surface area contributed by atoms with Gasteiger partial charge >= 0.3 is 5.97 Å². The second-order valence-electron chi connectivity index (χ2n) is 5.26. The van der Waals surface area contributed by atoms with E-state index in [0.717, 1.165) is 10.9 Å². The second-order valence-corrected chi connectivity index (χ2v) is 5.26. The summed E-state index contributed by atoms with van der Waals surface area (Å²) in [6.07, 6.45) is 0.208. The van der Waals surface area contributed by atoms with Crippen molar-refractivity contribution in [2.75, 3.05) is 0 Å². The van der Waals surface area contributed by atoms with Crippen molar-refractivity contribution in [2.45, 2.75) is 31.9 Å². The van der Waals surface area contributed by atoms with Crippen LogP contribution >= 0.6 is 0 Å². The monoisotopic (exact) mass is 318 g/mol. The third-order valence-corrected chi connectivity index (χ3v) is 3.50. The van der Waals surface area contributed by atoms with E-state index < -0.39 is 24.0 Å². The maximum absolute atomic E-state index is 12.2. The van der Waals surface area contributed by atoms with Crippen LogP contribution in [0.2, 0.25) is 0 Å². The van der Waals surface area contributed by atoms with Gasteiger partial charge in [-0.2, -0.15) is 0 Å². The number of benzene rings is 1. The van der Waals surface area contributed by atoms with E-state index in [-0.39, 0.29) is 18.7 Å². The maximum atomic E-state index is 12.2. The molecule has 7 heteroatoms. The molecular weight excluding hydrogens is 300 g/mol. The van der Waals surface area contributed by atoms with Crippen LogP contribution in [0.15, 0.2) is 36.5 Å². The number of hydrogen-bond donors (Lipinski definition) is 3. The molecule has 0 saturated heterocycles. The molecule has 0 aliphatic carbocycles. The van der Waals surface area contributed by atoms with E-state index in [2.05, 4.69) is 5.32 Å². The Balaban J connectivity index is 1.96. The zero-order chi connectivity index (χ0) is 17.0. The Labute approximate surface area is 132 Å². The molecule has 0 spiro atoms. The fraction of sp³-hybridized carbons (Fsp3) is 0.312. The van der Waals surface area contributed by atoms with E-state index in [1.165, 1.54) is 11.5 Å². The van der Waals surface area contributed by atoms with Crippen molar-refractivity contribution in [1.29, 1.82) is 0 Å². The Bertz CT molecular complexity index is 735. The van der Waals surface area contributed by atoms with Gasteiger partial charge in [0.25, 0.3) is 0 Å². The van der Waals surface area contributed by atoms with Crippen LogP contribution < -0.4 is 5.32 Å². The molecule has 0 fully saturated rings. The van der Waals surface area contributed by atoms with Gasteiger partial charge in [-0.1, -0.05) is 18.2 Å². The summed E-state index contributed by atoms with van der Waals surface area (Å²) in [6, 6.07) is 7.80. The van der Waals surface area contributed by atoms with E-state index in [4.69, 9.17) is 5.11 Å². The zero-order valence-corrected chi connectivity index (χ0v) is 12.6. The molecule has 0 aliphatic heterocycles. The smallest absolute Gasteiger partial charge is 0.328 e. The van der Waals surface area contributed by atoms with Gasteiger partial charge in [-0.15, -0.1) is 0 Å². The lowest BCUT2D eigenvalue weighted by atomic mass is 10.1. The number of carbonyl (C=O) groups is 3. The Hall–Kier alpha value is -2.67. The molecule has 7 nitrogen and oxygen atoms in total. The molecular formula is C16H18N2O5. The molecule has 2 rings (SSSR count). The average molecular weight is 318 g/mol. The van der Waals surface area contributed by atoms with Gasteiger partial charge in [0.15, 0.2) is 6.04 Å². The van der Waals surface area contributed by atoms with Gasteiger partial charge in [-0.3, -0.25) is 14.2 Å². The predicted octanol–water partition coefficient (Wildman–Crippen LogP) is 1.01. The molecule has 23 heavy (non-hydrogen) atoms. The number of rotatable bonds is 6. The van der Waals surface area contributed by atoms with Gasteiger partial charge in [0.05, 0.1) is 11.6 Å². The minimum absolute atomic E-state index is 0.0589. The topological polar surface area (TPSA) is 109 Å². The van der Waals surface area contributed by atoms with Gasteiger partial charge in [-0.05, 0) is 19.1 Å². The molecule has 1 aromatic heterocycles. The molecule has 0 radical (unpaired) electrons. The number of fused-ring (bicyclic) bond motifs is 1. The number of amides is 1. The van der Waals surface area contributed by atoms with Crippen molar-refractivity contribution in [1.82, 2.24) is 9.88 Å². The van der Waals surface area contributed by atoms with Crippen molar-refractivity contribution >= 4 is 28.7 Å². The highest BCUT2D eigenvalue weighted by Crippen LogP contribution is 2.15. The van der Waals surface area contributed by atoms with Gasteiger partial charge in [0.2, 0.25) is 11.8 Å². The Kier molecular flexibility index (Phi) is 5.13. The van der Waals surface area contributed by atoms with Crippen LogP contribution in [0.1, 0.15) is 24.6 Å². The first kappa shape index (κ1) is 16.7. The first-order chi connectivity index (χ1) is 10.9. The summed E-state index contributed by atoms with van der Waals surface area (Å²) < 4.78 is 1.46. The number of aliphatic carboxylic acids is 1. The van der Waals surface area contributed by atoms with Crippen LogP contribution in [0.25, 0.3) is 10.9 Å². The number of hydrogen-bond acceptors (Lipinski definition) is 4. The van der Waals surface area contributed by atoms with E-state index in [1.54, 1.807) is 18.3 Å². The summed E-state index contributed by atoms with van der Waals surface area (Å²) in [5.74, 6) is -2.18. The molecule has 2 unspecified atom stereocenters. The first-order valence-corrected chi connectivity index (χ1v) is 7.19. The SMILES string of the molecule is CC(O)C(NC(=O)CCC(=O)n1ccc2ccccc21)C(=O)O. The van der Waals surface area contributed by atoms with Crippen molar-refractivity contribution in [3.63, 3.8) is 0 Å². The van der Waals surface area contributed by atoms with Crippen LogP contribution in [0.4, 0.5) is 0 Å². The van der Waals surface area contributed by atoms with E-state index >= 15 is 0 Å². The summed E-state index contributed by atoms with van der Waals surface area (Å²) >= 11 is 0. The number of para-hydroxylation sites is 1. The first-order valence-electron chi connectivity index (χ1n) is 7.19. The lowest BCUT2D eigenvalue weighted by molar-refractivity contribution is -0.144. The minimum Gasteiger partial charge on any atom is -0.480 e. The number of carboxylic acid groups (broad SMARTS) is 1. The summed E-state index contributed by atoms with van der Waals surface area (Å²) in [5.41, 5.74) is 0.755. The lowest BCUT2D eigenvalue weighted by Crippen LogP contribution is -2.47. The van der Waals surface area contributed by atoms with Crippen molar-refractivity contribution in [3.05, 3.63) is 36.5 Å². The Morgan fingerprint density at radius 3 is 2.52 bits per heavy atom. The maximum Gasteiger partial charge on any atom is 0.328 e. The Morgan fingerprint density at radius 2 is 1.87 bits per heavy atom. The summed E-state index contributed by atoms with van der Waals surface area (Å²) in [5, 5.41) is 21.3. The third kappa shape index (κ3) is 3.95. The minimum atomic E-state index is -1.38. The van der Waals surface area contributed by atoms with Crippen LogP contribution in [0, 0.1) is 0 Å². The number of nitrogens with zero attached hydrogens (tertiary/aromatic N) is 1. The van der Waals surface area contributed by atoms with Crippen LogP contribution in [0.5, 0.6) is 0 Å². The fourth-order valence-electron chi connectivity index (χ4n) is 2.28. The molecule has 0 aliphatic rings. The third-order valence-electron chi connectivity index (χ3n) is 3.50. The number of aromatic nitrogens is 1. The molecule has 3 N–H and O–H groups in total. The largest absolute Gasteiger partial charge is 0.480 e. The molecule has 1 amide bonds. The predicted molar refractivity (Wildman–Crippen MR) is 83.0 cm³/mol. The molecule has 2 aromatic rings. The van der Waals surface area contributed by atoms with Crippen molar-refractivity contribution in [3.8, 4) is 0 Å². The molecule has 2 atom stereocenters. The van der Waals surface area contributed by atoms with Gasteiger partial charge in [0, 0.05) is 24.4 Å². The number of aliphatic hydroxyl groups excluding tert-OH is 1. The average Bonchev–Trinajstić information content (AvgIpc) is 2.93. The van der Waals surface area contributed by atoms with Crippen LogP contribution in [-0.4, -0.2) is 44.7 Å². The molecule has 1 aromatic carbocycles. The quantitative estimate of drug-likeness (QED) is 0.736. The molecule has 122 valence electrons. The summed E-state index contributed by atoms with van der Waals surface area (Å²) in [6.45, 7) is 1.27. The molecule has 1 heterocycles. The number of aliphatic hydroxyl groups is 1. The van der Waals surface area contributed by atoms with Crippen molar-refractivity contribution < 1.29 is 24.6 Å². The Morgan fingerprint density at radius 1 is 1.17 bits per heavy atom. The van der Waals surface area contributed by atoms with Gasteiger partial charge in [-0.25, -0.2) is 4.79 Å². The van der Waals surface area contributed by atoms with Gasteiger partial charge in [0.1, 0.15) is 0 Å². The normalized spacial score (nSPS) is 13.5. The summed E-state index contributed by atoms with van der Waals surface area (Å²) in [4.78, 5) is 34.8. The highest BCUT2D eigenvalue weighted by atomic mass is 16.4. The standard InChI is InChI=1S/C16H18N2O5/c1-10(19)15(16(22)23)17-13(20)6-7-14(21)18-9-8-11-4-2-3-5-12(11)18/h2-5,8-10,15,19H,6-7H2,1H3,(H,17,20)(H,22,23).